The Morgan fingerprint density at radius 2 is 2.33 bits per heavy atom. The van der Waals surface area contributed by atoms with Crippen LogP contribution in [0, 0.1) is 5.82 Å². The predicted octanol–water partition coefficient (Wildman–Crippen LogP) is 2.30. The van der Waals surface area contributed by atoms with Crippen LogP contribution in [0.15, 0.2) is 23.8 Å². The SMILES string of the molecule is O=C(NCCc1nccs1)c1cc(F)cnc1Cl. The molecule has 0 saturated heterocycles. The third-order valence-corrected chi connectivity index (χ3v) is 3.30. The normalized spacial score (nSPS) is 10.3. The summed E-state index contributed by atoms with van der Waals surface area (Å²) in [6.07, 6.45) is 3.30. The van der Waals surface area contributed by atoms with Gasteiger partial charge in [0.1, 0.15) is 11.0 Å². The maximum atomic E-state index is 12.9. The molecule has 0 radical (unpaired) electrons. The largest absolute Gasteiger partial charge is 0.352 e. The van der Waals surface area contributed by atoms with Gasteiger partial charge in [-0.1, -0.05) is 11.6 Å². The lowest BCUT2D eigenvalue weighted by Crippen LogP contribution is -2.26. The maximum absolute atomic E-state index is 12.9. The van der Waals surface area contributed by atoms with Crippen molar-refractivity contribution in [3.8, 4) is 0 Å². The van der Waals surface area contributed by atoms with Crippen molar-refractivity contribution >= 4 is 28.8 Å². The number of hydrogen-bond donors (Lipinski definition) is 1. The van der Waals surface area contributed by atoms with E-state index in [4.69, 9.17) is 11.6 Å². The van der Waals surface area contributed by atoms with Gasteiger partial charge in [0.2, 0.25) is 0 Å². The third kappa shape index (κ3) is 3.24. The molecule has 94 valence electrons. The van der Waals surface area contributed by atoms with Crippen LogP contribution in [0.3, 0.4) is 0 Å². The highest BCUT2D eigenvalue weighted by Gasteiger charge is 2.12. The van der Waals surface area contributed by atoms with E-state index in [0.717, 1.165) is 17.3 Å². The van der Waals surface area contributed by atoms with Gasteiger partial charge in [0.25, 0.3) is 5.91 Å². The quantitative estimate of drug-likeness (QED) is 0.877. The van der Waals surface area contributed by atoms with Crippen LogP contribution in [-0.2, 0) is 6.42 Å². The minimum absolute atomic E-state index is 0.0110. The number of thiazole rings is 1. The average Bonchev–Trinajstić information content (AvgIpc) is 2.85. The van der Waals surface area contributed by atoms with Gasteiger partial charge in [0.15, 0.2) is 0 Å². The number of aromatic nitrogens is 2. The number of pyridine rings is 1. The Kier molecular flexibility index (Phi) is 4.22. The Morgan fingerprint density at radius 3 is 3.06 bits per heavy atom. The summed E-state index contributed by atoms with van der Waals surface area (Å²) >= 11 is 7.24. The van der Waals surface area contributed by atoms with Gasteiger partial charge in [-0.05, 0) is 6.07 Å². The monoisotopic (exact) mass is 285 g/mol. The van der Waals surface area contributed by atoms with Gasteiger partial charge >= 0.3 is 0 Å². The summed E-state index contributed by atoms with van der Waals surface area (Å²) in [5.74, 6) is -1.03. The molecule has 0 aliphatic heterocycles. The van der Waals surface area contributed by atoms with Crippen LogP contribution in [0.1, 0.15) is 15.4 Å². The van der Waals surface area contributed by atoms with Crippen LogP contribution in [0.4, 0.5) is 4.39 Å². The zero-order chi connectivity index (χ0) is 13.0. The molecule has 2 rings (SSSR count). The summed E-state index contributed by atoms with van der Waals surface area (Å²) in [5, 5.41) is 5.43. The molecule has 0 aliphatic rings. The fourth-order valence-electron chi connectivity index (χ4n) is 1.34. The third-order valence-electron chi connectivity index (χ3n) is 2.16. The smallest absolute Gasteiger partial charge is 0.254 e. The molecular formula is C11H9ClFN3OS. The average molecular weight is 286 g/mol. The zero-order valence-electron chi connectivity index (χ0n) is 9.19. The second-order valence-corrected chi connectivity index (χ2v) is 4.76. The van der Waals surface area contributed by atoms with Crippen LogP contribution >= 0.6 is 22.9 Å². The lowest BCUT2D eigenvalue weighted by atomic mass is 10.2. The van der Waals surface area contributed by atoms with Crippen LogP contribution < -0.4 is 5.32 Å². The lowest BCUT2D eigenvalue weighted by molar-refractivity contribution is 0.0953. The second kappa shape index (κ2) is 5.88. The Morgan fingerprint density at radius 1 is 1.50 bits per heavy atom. The van der Waals surface area contributed by atoms with E-state index in [2.05, 4.69) is 15.3 Å². The molecule has 0 atom stereocenters. The summed E-state index contributed by atoms with van der Waals surface area (Å²) in [4.78, 5) is 19.4. The van der Waals surface area contributed by atoms with E-state index in [-0.39, 0.29) is 10.7 Å². The fraction of sp³-hybridized carbons (Fsp3) is 0.182. The first-order valence-corrected chi connectivity index (χ1v) is 6.40. The van der Waals surface area contributed by atoms with Crippen molar-refractivity contribution < 1.29 is 9.18 Å². The van der Waals surface area contributed by atoms with Crippen molar-refractivity contribution in [1.82, 2.24) is 15.3 Å². The number of halogens is 2. The van der Waals surface area contributed by atoms with Crippen molar-refractivity contribution in [2.45, 2.75) is 6.42 Å². The molecule has 0 unspecified atom stereocenters. The highest BCUT2D eigenvalue weighted by Crippen LogP contribution is 2.13. The molecule has 7 heteroatoms. The van der Waals surface area contributed by atoms with Crippen molar-refractivity contribution in [3.05, 3.63) is 45.4 Å². The second-order valence-electron chi connectivity index (χ2n) is 3.42. The predicted molar refractivity (Wildman–Crippen MR) is 67.4 cm³/mol. The maximum Gasteiger partial charge on any atom is 0.254 e. The summed E-state index contributed by atoms with van der Waals surface area (Å²) in [7, 11) is 0. The molecule has 4 nitrogen and oxygen atoms in total. The Labute approximate surface area is 112 Å². The fourth-order valence-corrected chi connectivity index (χ4v) is 2.15. The number of rotatable bonds is 4. The van der Waals surface area contributed by atoms with Crippen LogP contribution in [0.2, 0.25) is 5.15 Å². The number of nitrogens with one attached hydrogen (secondary N) is 1. The first-order chi connectivity index (χ1) is 8.66. The van der Waals surface area contributed by atoms with Gasteiger partial charge in [-0.25, -0.2) is 14.4 Å². The first kappa shape index (κ1) is 12.9. The van der Waals surface area contributed by atoms with Crippen molar-refractivity contribution in [1.29, 1.82) is 0 Å². The van der Waals surface area contributed by atoms with Gasteiger partial charge in [0, 0.05) is 24.5 Å². The number of carbonyl (C=O) groups excluding carboxylic acids is 1. The molecule has 0 spiro atoms. The molecular weight excluding hydrogens is 277 g/mol. The van der Waals surface area contributed by atoms with Gasteiger partial charge in [-0.2, -0.15) is 0 Å². The minimum atomic E-state index is -0.593. The molecule has 0 saturated carbocycles. The van der Waals surface area contributed by atoms with Crippen molar-refractivity contribution in [2.24, 2.45) is 0 Å². The summed E-state index contributed by atoms with van der Waals surface area (Å²) in [6, 6.07) is 1.06. The molecule has 0 aliphatic carbocycles. The highest BCUT2D eigenvalue weighted by molar-refractivity contribution is 7.09. The first-order valence-electron chi connectivity index (χ1n) is 5.14. The number of nitrogens with zero attached hydrogens (tertiary/aromatic N) is 2. The van der Waals surface area contributed by atoms with E-state index in [1.165, 1.54) is 11.3 Å². The summed E-state index contributed by atoms with van der Waals surface area (Å²) in [6.45, 7) is 0.416. The van der Waals surface area contributed by atoms with Gasteiger partial charge < -0.3 is 5.32 Å². The molecule has 1 N–H and O–H groups in total. The van der Waals surface area contributed by atoms with Gasteiger partial charge in [-0.15, -0.1) is 11.3 Å². The van der Waals surface area contributed by atoms with Crippen molar-refractivity contribution in [3.63, 3.8) is 0 Å². The molecule has 0 fully saturated rings. The van der Waals surface area contributed by atoms with E-state index in [1.54, 1.807) is 6.20 Å². The standard InChI is InChI=1S/C11H9ClFN3OS/c12-10-8(5-7(13)6-16-10)11(17)15-2-1-9-14-3-4-18-9/h3-6H,1-2H2,(H,15,17). The zero-order valence-corrected chi connectivity index (χ0v) is 10.8. The lowest BCUT2D eigenvalue weighted by Gasteiger charge is -2.05. The van der Waals surface area contributed by atoms with E-state index < -0.39 is 11.7 Å². The number of amides is 1. The highest BCUT2D eigenvalue weighted by atomic mass is 35.5. The van der Waals surface area contributed by atoms with E-state index >= 15 is 0 Å². The van der Waals surface area contributed by atoms with E-state index in [9.17, 15) is 9.18 Å². The Hall–Kier alpha value is -1.53. The van der Waals surface area contributed by atoms with Crippen molar-refractivity contribution in [2.75, 3.05) is 6.54 Å². The van der Waals surface area contributed by atoms with Gasteiger partial charge in [0.05, 0.1) is 16.8 Å². The minimum Gasteiger partial charge on any atom is -0.352 e. The van der Waals surface area contributed by atoms with Crippen LogP contribution in [0.5, 0.6) is 0 Å². The Bertz CT molecular complexity index is 547. The molecule has 2 aromatic heterocycles. The van der Waals surface area contributed by atoms with E-state index in [1.807, 2.05) is 5.38 Å². The number of hydrogen-bond acceptors (Lipinski definition) is 4. The Balaban J connectivity index is 1.93. The molecule has 1 amide bonds. The molecule has 0 aromatic carbocycles. The van der Waals surface area contributed by atoms with Gasteiger partial charge in [-0.3, -0.25) is 4.79 Å². The molecule has 18 heavy (non-hydrogen) atoms. The number of carbonyl (C=O) groups is 1. The van der Waals surface area contributed by atoms with E-state index in [0.29, 0.717) is 13.0 Å². The van der Waals surface area contributed by atoms with Crippen LogP contribution in [0.25, 0.3) is 0 Å². The molecule has 0 bridgehead atoms. The molecule has 2 heterocycles. The summed E-state index contributed by atoms with van der Waals surface area (Å²) < 4.78 is 12.9. The summed E-state index contributed by atoms with van der Waals surface area (Å²) in [5.41, 5.74) is 0.0378. The van der Waals surface area contributed by atoms with Crippen LogP contribution in [-0.4, -0.2) is 22.4 Å². The topological polar surface area (TPSA) is 54.9 Å². The molecule has 2 aromatic rings.